The van der Waals surface area contributed by atoms with Crippen LogP contribution in [0.3, 0.4) is 0 Å². The van der Waals surface area contributed by atoms with Crippen LogP contribution in [0.15, 0.2) is 48.1 Å². The Balaban J connectivity index is 1.53. The SMILES string of the molecule is C#CCOc1ccc(CCc2csc(Nc3ncccn3)n2)cc1. The van der Waals surface area contributed by atoms with Gasteiger partial charge >= 0.3 is 0 Å². The van der Waals surface area contributed by atoms with E-state index in [1.54, 1.807) is 29.8 Å². The van der Waals surface area contributed by atoms with E-state index in [4.69, 9.17) is 11.2 Å². The van der Waals surface area contributed by atoms with Crippen molar-refractivity contribution in [1.29, 1.82) is 0 Å². The molecule has 0 spiro atoms. The molecule has 0 saturated heterocycles. The van der Waals surface area contributed by atoms with Crippen molar-refractivity contribution >= 4 is 22.4 Å². The molecule has 2 heterocycles. The summed E-state index contributed by atoms with van der Waals surface area (Å²) >= 11 is 1.55. The highest BCUT2D eigenvalue weighted by Gasteiger charge is 2.04. The Kier molecular flexibility index (Phi) is 5.38. The summed E-state index contributed by atoms with van der Waals surface area (Å²) in [7, 11) is 0. The minimum atomic E-state index is 0.291. The van der Waals surface area contributed by atoms with Crippen LogP contribution < -0.4 is 10.1 Å². The van der Waals surface area contributed by atoms with Crippen molar-refractivity contribution in [2.24, 2.45) is 0 Å². The van der Waals surface area contributed by atoms with Gasteiger partial charge in [0.15, 0.2) is 5.13 Å². The zero-order valence-electron chi connectivity index (χ0n) is 13.0. The van der Waals surface area contributed by atoms with Crippen molar-refractivity contribution < 1.29 is 4.74 Å². The smallest absolute Gasteiger partial charge is 0.228 e. The van der Waals surface area contributed by atoms with E-state index in [0.717, 1.165) is 29.4 Å². The van der Waals surface area contributed by atoms with Gasteiger partial charge in [-0.05, 0) is 36.6 Å². The van der Waals surface area contributed by atoms with Crippen molar-refractivity contribution in [1.82, 2.24) is 15.0 Å². The first kappa shape index (κ1) is 16.0. The molecule has 0 radical (unpaired) electrons. The second kappa shape index (κ2) is 8.09. The maximum Gasteiger partial charge on any atom is 0.228 e. The molecule has 3 aromatic rings. The standard InChI is InChI=1S/C18H16N4OS/c1-2-12-23-16-8-5-14(6-9-16)4-7-15-13-24-18(21-15)22-17-19-10-3-11-20-17/h1,3,5-6,8-11,13H,4,7,12H2,(H,19,20,21,22). The highest BCUT2D eigenvalue weighted by molar-refractivity contribution is 7.13. The fourth-order valence-electron chi connectivity index (χ4n) is 2.09. The Labute approximate surface area is 144 Å². The molecular formula is C18H16N4OS. The summed E-state index contributed by atoms with van der Waals surface area (Å²) in [5.74, 6) is 3.80. The summed E-state index contributed by atoms with van der Waals surface area (Å²) in [6.07, 6.45) is 10.4. The lowest BCUT2D eigenvalue weighted by atomic mass is 10.1. The zero-order chi connectivity index (χ0) is 16.6. The van der Waals surface area contributed by atoms with Crippen LogP contribution in [-0.4, -0.2) is 21.6 Å². The summed E-state index contributed by atoms with van der Waals surface area (Å²) in [6.45, 7) is 0.291. The Morgan fingerprint density at radius 1 is 1.12 bits per heavy atom. The zero-order valence-corrected chi connectivity index (χ0v) is 13.8. The number of thiazole rings is 1. The van der Waals surface area contributed by atoms with Gasteiger partial charge in [-0.25, -0.2) is 15.0 Å². The molecule has 1 aromatic carbocycles. The summed E-state index contributed by atoms with van der Waals surface area (Å²) in [5, 5.41) is 5.95. The lowest BCUT2D eigenvalue weighted by molar-refractivity contribution is 0.370. The Morgan fingerprint density at radius 2 is 1.92 bits per heavy atom. The van der Waals surface area contributed by atoms with E-state index in [9.17, 15) is 0 Å². The number of ether oxygens (including phenoxy) is 1. The van der Waals surface area contributed by atoms with Gasteiger partial charge in [-0.1, -0.05) is 18.1 Å². The third-order valence-electron chi connectivity index (χ3n) is 3.25. The van der Waals surface area contributed by atoms with Gasteiger partial charge in [0.1, 0.15) is 12.4 Å². The highest BCUT2D eigenvalue weighted by Crippen LogP contribution is 2.20. The van der Waals surface area contributed by atoms with Crippen LogP contribution in [0.25, 0.3) is 0 Å². The maximum absolute atomic E-state index is 5.37. The minimum Gasteiger partial charge on any atom is -0.481 e. The van der Waals surface area contributed by atoms with Gasteiger partial charge < -0.3 is 10.1 Å². The molecule has 0 aliphatic rings. The fourth-order valence-corrected chi connectivity index (χ4v) is 2.83. The van der Waals surface area contributed by atoms with E-state index in [-0.39, 0.29) is 0 Å². The molecule has 6 heteroatoms. The number of aryl methyl sites for hydroxylation is 2. The highest BCUT2D eigenvalue weighted by atomic mass is 32.1. The van der Waals surface area contributed by atoms with Crippen molar-refractivity contribution in [3.8, 4) is 18.1 Å². The molecule has 0 unspecified atom stereocenters. The van der Waals surface area contributed by atoms with Crippen LogP contribution >= 0.6 is 11.3 Å². The number of aromatic nitrogens is 3. The molecule has 0 aliphatic carbocycles. The molecular weight excluding hydrogens is 320 g/mol. The molecule has 0 fully saturated rings. The second-order valence-corrected chi connectivity index (χ2v) is 5.84. The van der Waals surface area contributed by atoms with Crippen molar-refractivity contribution in [3.63, 3.8) is 0 Å². The summed E-state index contributed by atoms with van der Waals surface area (Å²) < 4.78 is 5.37. The first-order chi connectivity index (χ1) is 11.8. The first-order valence-corrected chi connectivity index (χ1v) is 8.35. The summed E-state index contributed by atoms with van der Waals surface area (Å²) in [6, 6.07) is 9.76. The molecule has 0 bridgehead atoms. The molecule has 2 aromatic heterocycles. The van der Waals surface area contributed by atoms with Crippen molar-refractivity contribution in [2.75, 3.05) is 11.9 Å². The number of nitrogens with zero attached hydrogens (tertiary/aromatic N) is 3. The molecule has 0 saturated carbocycles. The quantitative estimate of drug-likeness (QED) is 0.670. The monoisotopic (exact) mass is 336 g/mol. The van der Waals surface area contributed by atoms with Gasteiger partial charge in [0, 0.05) is 17.8 Å². The maximum atomic E-state index is 5.37. The molecule has 0 atom stereocenters. The number of hydrogen-bond donors (Lipinski definition) is 1. The van der Waals surface area contributed by atoms with Gasteiger partial charge in [-0.2, -0.15) is 0 Å². The number of terminal acetylenes is 1. The second-order valence-electron chi connectivity index (χ2n) is 4.98. The van der Waals surface area contributed by atoms with E-state index < -0.39 is 0 Å². The summed E-state index contributed by atoms with van der Waals surface area (Å²) in [5.41, 5.74) is 2.28. The van der Waals surface area contributed by atoms with Crippen LogP contribution in [0.2, 0.25) is 0 Å². The Morgan fingerprint density at radius 3 is 2.67 bits per heavy atom. The number of hydrogen-bond acceptors (Lipinski definition) is 6. The predicted molar refractivity (Wildman–Crippen MR) is 95.6 cm³/mol. The van der Waals surface area contributed by atoms with Crippen LogP contribution in [-0.2, 0) is 12.8 Å². The molecule has 3 rings (SSSR count). The predicted octanol–water partition coefficient (Wildman–Crippen LogP) is 3.47. The van der Waals surface area contributed by atoms with Crippen molar-refractivity contribution in [3.05, 3.63) is 59.4 Å². The fraction of sp³-hybridized carbons (Fsp3) is 0.167. The molecule has 0 aliphatic heterocycles. The normalized spacial score (nSPS) is 10.1. The third-order valence-corrected chi connectivity index (χ3v) is 4.06. The topological polar surface area (TPSA) is 59.9 Å². The van der Waals surface area contributed by atoms with Crippen LogP contribution in [0.4, 0.5) is 11.1 Å². The average molecular weight is 336 g/mol. The number of rotatable bonds is 7. The lowest BCUT2D eigenvalue weighted by Crippen LogP contribution is -1.97. The Bertz CT molecular complexity index is 809. The van der Waals surface area contributed by atoms with Crippen molar-refractivity contribution in [2.45, 2.75) is 12.8 Å². The molecule has 120 valence electrons. The van der Waals surface area contributed by atoms with Gasteiger partial charge in [0.2, 0.25) is 5.95 Å². The molecule has 5 nitrogen and oxygen atoms in total. The van der Waals surface area contributed by atoms with Crippen LogP contribution in [0.1, 0.15) is 11.3 Å². The number of nitrogens with one attached hydrogen (secondary N) is 1. The van der Waals surface area contributed by atoms with Crippen LogP contribution in [0.5, 0.6) is 5.75 Å². The van der Waals surface area contributed by atoms with E-state index >= 15 is 0 Å². The minimum absolute atomic E-state index is 0.291. The van der Waals surface area contributed by atoms with Crippen LogP contribution in [0, 0.1) is 12.3 Å². The van der Waals surface area contributed by atoms with Gasteiger partial charge in [0.05, 0.1) is 5.69 Å². The first-order valence-electron chi connectivity index (χ1n) is 7.47. The van der Waals surface area contributed by atoms with Gasteiger partial charge in [-0.15, -0.1) is 17.8 Å². The lowest BCUT2D eigenvalue weighted by Gasteiger charge is -2.04. The largest absolute Gasteiger partial charge is 0.481 e. The van der Waals surface area contributed by atoms with E-state index in [2.05, 4.69) is 43.7 Å². The van der Waals surface area contributed by atoms with E-state index in [1.807, 2.05) is 12.1 Å². The molecule has 0 amide bonds. The average Bonchev–Trinajstić information content (AvgIpc) is 3.07. The third kappa shape index (κ3) is 4.54. The molecule has 24 heavy (non-hydrogen) atoms. The van der Waals surface area contributed by atoms with Gasteiger partial charge in [-0.3, -0.25) is 0 Å². The number of benzene rings is 1. The Hall–Kier alpha value is -2.91. The summed E-state index contributed by atoms with van der Waals surface area (Å²) in [4.78, 5) is 12.8. The van der Waals surface area contributed by atoms with E-state index in [0.29, 0.717) is 12.6 Å². The number of anilines is 2. The molecule has 1 N–H and O–H groups in total. The van der Waals surface area contributed by atoms with Gasteiger partial charge in [0.25, 0.3) is 0 Å². The van der Waals surface area contributed by atoms with E-state index in [1.165, 1.54) is 5.56 Å².